The van der Waals surface area contributed by atoms with Crippen molar-refractivity contribution in [1.29, 1.82) is 0 Å². The van der Waals surface area contributed by atoms with Gasteiger partial charge in [-0.15, -0.1) is 0 Å². The van der Waals surface area contributed by atoms with Gasteiger partial charge in [0.25, 0.3) is 0 Å². The molecule has 1 aliphatic carbocycles. The van der Waals surface area contributed by atoms with E-state index in [4.69, 9.17) is 5.73 Å². The predicted molar refractivity (Wildman–Crippen MR) is 107 cm³/mol. The number of nitrogens with two attached hydrogens (primary N) is 1. The van der Waals surface area contributed by atoms with Crippen LogP contribution < -0.4 is 21.7 Å². The van der Waals surface area contributed by atoms with E-state index in [1.165, 1.54) is 0 Å². The summed E-state index contributed by atoms with van der Waals surface area (Å²) in [4.78, 5) is 24.5. The second-order valence-electron chi connectivity index (χ2n) is 7.19. The summed E-state index contributed by atoms with van der Waals surface area (Å²) in [5, 5.41) is 8.54. The fourth-order valence-electron chi connectivity index (χ4n) is 3.37. The number of urea groups is 1. The highest BCUT2D eigenvalue weighted by Gasteiger charge is 2.36. The van der Waals surface area contributed by atoms with Crippen molar-refractivity contribution in [2.75, 3.05) is 10.6 Å². The third-order valence-electron chi connectivity index (χ3n) is 4.86. The zero-order valence-corrected chi connectivity index (χ0v) is 15.5. The van der Waals surface area contributed by atoms with Crippen molar-refractivity contribution in [2.24, 2.45) is 5.73 Å². The van der Waals surface area contributed by atoms with Crippen LogP contribution in [0.3, 0.4) is 0 Å². The van der Waals surface area contributed by atoms with Crippen LogP contribution in [0.1, 0.15) is 36.8 Å². The van der Waals surface area contributed by atoms with E-state index in [2.05, 4.69) is 16.0 Å². The molecule has 0 bridgehead atoms. The molecule has 0 atom stereocenters. The van der Waals surface area contributed by atoms with E-state index in [0.717, 1.165) is 42.5 Å². The zero-order chi connectivity index (χ0) is 19.3. The zero-order valence-electron chi connectivity index (χ0n) is 15.5. The Morgan fingerprint density at radius 2 is 1.63 bits per heavy atom. The fourth-order valence-corrected chi connectivity index (χ4v) is 3.37. The van der Waals surface area contributed by atoms with Gasteiger partial charge in [-0.2, -0.15) is 0 Å². The van der Waals surface area contributed by atoms with Gasteiger partial charge < -0.3 is 21.7 Å². The van der Waals surface area contributed by atoms with E-state index in [9.17, 15) is 9.59 Å². The number of nitrogens with one attached hydrogen (secondary N) is 3. The molecule has 6 nitrogen and oxygen atoms in total. The Labute approximate surface area is 159 Å². The molecular weight excluding hydrogens is 340 g/mol. The van der Waals surface area contributed by atoms with Crippen molar-refractivity contribution in [3.63, 3.8) is 0 Å². The molecule has 0 aliphatic heterocycles. The SMILES string of the molecule is Cc1cccc(NC(=O)Nc2cccc(CNC(=O)C3(N)CCCC3)c2)c1. The second kappa shape index (κ2) is 8.22. The standard InChI is InChI=1S/C21H26N4O2/c1-15-6-4-8-17(12-15)24-20(27)25-18-9-5-7-16(13-18)14-23-19(26)21(22)10-2-3-11-21/h4-9,12-13H,2-3,10-11,14,22H2,1H3,(H,23,26)(H2,24,25,27). The van der Waals surface area contributed by atoms with Crippen molar-refractivity contribution in [3.8, 4) is 0 Å². The van der Waals surface area contributed by atoms with Crippen LogP contribution in [0.4, 0.5) is 16.2 Å². The topological polar surface area (TPSA) is 96.2 Å². The van der Waals surface area contributed by atoms with Gasteiger partial charge >= 0.3 is 6.03 Å². The average molecular weight is 366 g/mol. The van der Waals surface area contributed by atoms with Crippen molar-refractivity contribution in [1.82, 2.24) is 5.32 Å². The molecule has 2 aromatic carbocycles. The normalized spacial score (nSPS) is 15.2. The molecule has 142 valence electrons. The maximum Gasteiger partial charge on any atom is 0.323 e. The number of hydrogen-bond acceptors (Lipinski definition) is 3. The first kappa shape index (κ1) is 18.9. The van der Waals surface area contributed by atoms with Gasteiger partial charge in [0, 0.05) is 17.9 Å². The van der Waals surface area contributed by atoms with Crippen LogP contribution in [0.5, 0.6) is 0 Å². The average Bonchev–Trinajstić information content (AvgIpc) is 3.08. The van der Waals surface area contributed by atoms with Crippen LogP contribution in [0.2, 0.25) is 0 Å². The van der Waals surface area contributed by atoms with Gasteiger partial charge in [-0.25, -0.2) is 4.79 Å². The molecule has 27 heavy (non-hydrogen) atoms. The van der Waals surface area contributed by atoms with Gasteiger partial charge in [0.1, 0.15) is 0 Å². The summed E-state index contributed by atoms with van der Waals surface area (Å²) in [5.74, 6) is -0.101. The van der Waals surface area contributed by atoms with Crippen LogP contribution in [0.15, 0.2) is 48.5 Å². The lowest BCUT2D eigenvalue weighted by atomic mass is 9.98. The molecule has 0 aromatic heterocycles. The van der Waals surface area contributed by atoms with Gasteiger partial charge in [-0.05, 0) is 55.2 Å². The number of rotatable bonds is 5. The molecule has 0 spiro atoms. The fraction of sp³-hybridized carbons (Fsp3) is 0.333. The molecule has 3 rings (SSSR count). The molecule has 5 N–H and O–H groups in total. The van der Waals surface area contributed by atoms with Gasteiger partial charge in [0.2, 0.25) is 5.91 Å². The van der Waals surface area contributed by atoms with E-state index < -0.39 is 5.54 Å². The number of hydrogen-bond donors (Lipinski definition) is 4. The minimum atomic E-state index is -0.733. The summed E-state index contributed by atoms with van der Waals surface area (Å²) in [6, 6.07) is 14.7. The number of anilines is 2. The number of amides is 3. The first-order valence-corrected chi connectivity index (χ1v) is 9.25. The minimum absolute atomic E-state index is 0.101. The van der Waals surface area contributed by atoms with Gasteiger partial charge in [0.15, 0.2) is 0 Å². The summed E-state index contributed by atoms with van der Waals surface area (Å²) in [6.07, 6.45) is 3.47. The van der Waals surface area contributed by atoms with Crippen LogP contribution in [-0.4, -0.2) is 17.5 Å². The highest BCUT2D eigenvalue weighted by molar-refractivity contribution is 5.99. The summed E-state index contributed by atoms with van der Waals surface area (Å²) >= 11 is 0. The highest BCUT2D eigenvalue weighted by Crippen LogP contribution is 2.27. The summed E-state index contributed by atoms with van der Waals surface area (Å²) in [7, 11) is 0. The number of carbonyl (C=O) groups excluding carboxylic acids is 2. The first-order chi connectivity index (χ1) is 12.9. The van der Waals surface area contributed by atoms with Crippen molar-refractivity contribution in [3.05, 3.63) is 59.7 Å². The second-order valence-corrected chi connectivity index (χ2v) is 7.19. The summed E-state index contributed by atoms with van der Waals surface area (Å²) < 4.78 is 0. The molecule has 0 radical (unpaired) electrons. The summed E-state index contributed by atoms with van der Waals surface area (Å²) in [5.41, 5.74) is 8.81. The molecule has 0 heterocycles. The Balaban J connectivity index is 1.55. The molecule has 1 saturated carbocycles. The molecule has 2 aromatic rings. The van der Waals surface area contributed by atoms with Gasteiger partial charge in [-0.3, -0.25) is 4.79 Å². The Bertz CT molecular complexity index is 828. The lowest BCUT2D eigenvalue weighted by Gasteiger charge is -2.22. The molecular formula is C21H26N4O2. The molecule has 6 heteroatoms. The smallest absolute Gasteiger partial charge is 0.323 e. The van der Waals surface area contributed by atoms with E-state index in [-0.39, 0.29) is 11.9 Å². The van der Waals surface area contributed by atoms with E-state index >= 15 is 0 Å². The predicted octanol–water partition coefficient (Wildman–Crippen LogP) is 3.53. The van der Waals surface area contributed by atoms with Crippen molar-refractivity contribution < 1.29 is 9.59 Å². The number of aryl methyl sites for hydroxylation is 1. The maximum absolute atomic E-state index is 12.3. The molecule has 0 unspecified atom stereocenters. The third-order valence-corrected chi connectivity index (χ3v) is 4.86. The first-order valence-electron chi connectivity index (χ1n) is 9.25. The van der Waals surface area contributed by atoms with E-state index in [0.29, 0.717) is 12.2 Å². The van der Waals surface area contributed by atoms with Crippen molar-refractivity contribution in [2.45, 2.75) is 44.7 Å². The van der Waals surface area contributed by atoms with E-state index in [1.807, 2.05) is 55.5 Å². The highest BCUT2D eigenvalue weighted by atomic mass is 16.2. The Kier molecular flexibility index (Phi) is 5.76. The lowest BCUT2D eigenvalue weighted by molar-refractivity contribution is -0.126. The molecule has 1 fully saturated rings. The Morgan fingerprint density at radius 3 is 2.30 bits per heavy atom. The van der Waals surface area contributed by atoms with E-state index in [1.54, 1.807) is 0 Å². The number of benzene rings is 2. The minimum Gasteiger partial charge on any atom is -0.350 e. The maximum atomic E-state index is 12.3. The van der Waals surface area contributed by atoms with Crippen LogP contribution in [0, 0.1) is 6.92 Å². The molecule has 3 amide bonds. The Hall–Kier alpha value is -2.86. The monoisotopic (exact) mass is 366 g/mol. The number of carbonyl (C=O) groups is 2. The summed E-state index contributed by atoms with van der Waals surface area (Å²) in [6.45, 7) is 2.35. The molecule has 1 aliphatic rings. The van der Waals surface area contributed by atoms with Gasteiger partial charge in [0.05, 0.1) is 5.54 Å². The Morgan fingerprint density at radius 1 is 1.00 bits per heavy atom. The largest absolute Gasteiger partial charge is 0.350 e. The van der Waals surface area contributed by atoms with Crippen LogP contribution >= 0.6 is 0 Å². The van der Waals surface area contributed by atoms with Gasteiger partial charge in [-0.1, -0.05) is 37.1 Å². The molecule has 0 saturated heterocycles. The lowest BCUT2D eigenvalue weighted by Crippen LogP contribution is -2.51. The third kappa shape index (κ3) is 5.08. The van der Waals surface area contributed by atoms with Crippen LogP contribution in [0.25, 0.3) is 0 Å². The quantitative estimate of drug-likeness (QED) is 0.652. The van der Waals surface area contributed by atoms with Crippen LogP contribution in [-0.2, 0) is 11.3 Å². The van der Waals surface area contributed by atoms with Crippen molar-refractivity contribution >= 4 is 23.3 Å².